The fourth-order valence-electron chi connectivity index (χ4n) is 3.95. The number of halogens is 2. The van der Waals surface area contributed by atoms with Crippen LogP contribution in [0, 0.1) is 11.8 Å². The van der Waals surface area contributed by atoms with E-state index in [4.69, 9.17) is 10.5 Å². The van der Waals surface area contributed by atoms with Crippen molar-refractivity contribution in [1.82, 2.24) is 9.80 Å². The Hall–Kier alpha value is -0.0700. The van der Waals surface area contributed by atoms with Gasteiger partial charge < -0.3 is 15.4 Å². The largest absolute Gasteiger partial charge is 0.381 e. The highest BCUT2D eigenvalue weighted by Gasteiger charge is 2.31. The predicted molar refractivity (Wildman–Crippen MR) is 96.4 cm³/mol. The molecule has 2 aliphatic heterocycles. The minimum absolute atomic E-state index is 0. The van der Waals surface area contributed by atoms with Crippen LogP contribution in [0.2, 0.25) is 0 Å². The van der Waals surface area contributed by atoms with E-state index in [2.05, 4.69) is 9.80 Å². The Bertz CT molecular complexity index is 359. The number of piperazine rings is 1. The standard InChI is InChI=1S/C16H29N3O2.2ClH/c17-15-3-1-2-14(10-15)16(20)19-7-5-18(6-8-19)11-13-4-9-21-12-13;;/h13-15H,1-12,17H2;2*1H. The molecule has 0 bridgehead atoms. The summed E-state index contributed by atoms with van der Waals surface area (Å²) in [5, 5.41) is 0. The number of carbonyl (C=O) groups excluding carboxylic acids is 1. The van der Waals surface area contributed by atoms with Crippen LogP contribution < -0.4 is 5.73 Å². The minimum Gasteiger partial charge on any atom is -0.381 e. The zero-order valence-corrected chi connectivity index (χ0v) is 15.5. The summed E-state index contributed by atoms with van der Waals surface area (Å²) in [5.41, 5.74) is 6.02. The van der Waals surface area contributed by atoms with E-state index in [1.54, 1.807) is 0 Å². The summed E-state index contributed by atoms with van der Waals surface area (Å²) in [5.74, 6) is 1.24. The number of hydrogen-bond acceptors (Lipinski definition) is 4. The van der Waals surface area contributed by atoms with Crippen LogP contribution in [-0.2, 0) is 9.53 Å². The molecule has 3 unspecified atom stereocenters. The molecule has 3 fully saturated rings. The molecule has 1 amide bonds. The van der Waals surface area contributed by atoms with Crippen LogP contribution >= 0.6 is 24.8 Å². The lowest BCUT2D eigenvalue weighted by molar-refractivity contribution is -0.138. The van der Waals surface area contributed by atoms with Crippen molar-refractivity contribution >= 4 is 30.7 Å². The van der Waals surface area contributed by atoms with E-state index >= 15 is 0 Å². The van der Waals surface area contributed by atoms with Gasteiger partial charge in [0.25, 0.3) is 0 Å². The Morgan fingerprint density at radius 3 is 2.43 bits per heavy atom. The number of nitrogens with two attached hydrogens (primary N) is 1. The van der Waals surface area contributed by atoms with E-state index in [1.807, 2.05) is 0 Å². The summed E-state index contributed by atoms with van der Waals surface area (Å²) < 4.78 is 5.44. The first-order chi connectivity index (χ1) is 10.2. The third kappa shape index (κ3) is 5.75. The molecule has 2 heterocycles. The van der Waals surface area contributed by atoms with Gasteiger partial charge in [0.15, 0.2) is 0 Å². The minimum atomic E-state index is 0. The maximum atomic E-state index is 12.6. The summed E-state index contributed by atoms with van der Waals surface area (Å²) in [6, 6.07) is 0.233. The molecule has 0 spiro atoms. The van der Waals surface area contributed by atoms with E-state index < -0.39 is 0 Å². The average Bonchev–Trinajstić information content (AvgIpc) is 3.00. The summed E-state index contributed by atoms with van der Waals surface area (Å²) in [4.78, 5) is 17.2. The van der Waals surface area contributed by atoms with Gasteiger partial charge in [0.05, 0.1) is 6.61 Å². The van der Waals surface area contributed by atoms with Crippen LogP contribution in [0.1, 0.15) is 32.1 Å². The molecular formula is C16H31Cl2N3O2. The third-order valence-corrected chi connectivity index (χ3v) is 5.29. The third-order valence-electron chi connectivity index (χ3n) is 5.29. The van der Waals surface area contributed by atoms with Crippen molar-refractivity contribution in [3.63, 3.8) is 0 Å². The summed E-state index contributed by atoms with van der Waals surface area (Å²) in [6.45, 7) is 6.78. The maximum absolute atomic E-state index is 12.6. The first-order valence-corrected chi connectivity index (χ1v) is 8.57. The second kappa shape index (κ2) is 10.0. The van der Waals surface area contributed by atoms with Crippen LogP contribution in [0.5, 0.6) is 0 Å². The summed E-state index contributed by atoms with van der Waals surface area (Å²) in [7, 11) is 0. The smallest absolute Gasteiger partial charge is 0.225 e. The van der Waals surface area contributed by atoms with Crippen LogP contribution in [0.25, 0.3) is 0 Å². The van der Waals surface area contributed by atoms with Gasteiger partial charge in [-0.05, 0) is 31.6 Å². The van der Waals surface area contributed by atoms with Crippen molar-refractivity contribution in [2.24, 2.45) is 17.6 Å². The van der Waals surface area contributed by atoms with Crippen LogP contribution in [0.15, 0.2) is 0 Å². The van der Waals surface area contributed by atoms with Gasteiger partial charge in [-0.15, -0.1) is 24.8 Å². The van der Waals surface area contributed by atoms with Gasteiger partial charge in [-0.2, -0.15) is 0 Å². The molecule has 7 heteroatoms. The van der Waals surface area contributed by atoms with Crippen molar-refractivity contribution in [3.05, 3.63) is 0 Å². The maximum Gasteiger partial charge on any atom is 0.225 e. The summed E-state index contributed by atoms with van der Waals surface area (Å²) in [6.07, 6.45) is 5.31. The van der Waals surface area contributed by atoms with Crippen molar-refractivity contribution < 1.29 is 9.53 Å². The van der Waals surface area contributed by atoms with Crippen LogP contribution in [0.3, 0.4) is 0 Å². The molecule has 136 valence electrons. The fraction of sp³-hybridized carbons (Fsp3) is 0.938. The van der Waals surface area contributed by atoms with Gasteiger partial charge in [-0.3, -0.25) is 9.69 Å². The van der Waals surface area contributed by atoms with E-state index in [0.29, 0.717) is 11.8 Å². The molecule has 3 aliphatic rings. The monoisotopic (exact) mass is 367 g/mol. The van der Waals surface area contributed by atoms with Crippen molar-refractivity contribution in [1.29, 1.82) is 0 Å². The van der Waals surface area contributed by atoms with Gasteiger partial charge in [-0.1, -0.05) is 6.42 Å². The van der Waals surface area contributed by atoms with Crippen LogP contribution in [0.4, 0.5) is 0 Å². The molecule has 1 saturated carbocycles. The molecule has 0 aromatic carbocycles. The van der Waals surface area contributed by atoms with E-state index in [0.717, 1.165) is 71.6 Å². The number of amides is 1. The predicted octanol–water partition coefficient (Wildman–Crippen LogP) is 1.53. The number of rotatable bonds is 3. The number of nitrogens with zero attached hydrogens (tertiary/aromatic N) is 2. The fourth-order valence-corrected chi connectivity index (χ4v) is 3.95. The van der Waals surface area contributed by atoms with E-state index in [1.165, 1.54) is 6.42 Å². The summed E-state index contributed by atoms with van der Waals surface area (Å²) >= 11 is 0. The highest BCUT2D eigenvalue weighted by Crippen LogP contribution is 2.25. The molecular weight excluding hydrogens is 337 g/mol. The second-order valence-corrected chi connectivity index (χ2v) is 6.98. The Morgan fingerprint density at radius 1 is 1.09 bits per heavy atom. The quantitative estimate of drug-likeness (QED) is 0.821. The lowest BCUT2D eigenvalue weighted by Gasteiger charge is -2.38. The number of ether oxygens (including phenoxy) is 1. The lowest BCUT2D eigenvalue weighted by Crippen LogP contribution is -2.52. The lowest BCUT2D eigenvalue weighted by atomic mass is 9.85. The molecule has 0 radical (unpaired) electrons. The molecule has 3 atom stereocenters. The van der Waals surface area contributed by atoms with Crippen molar-refractivity contribution in [3.8, 4) is 0 Å². The number of hydrogen-bond donors (Lipinski definition) is 1. The van der Waals surface area contributed by atoms with Crippen molar-refractivity contribution in [2.45, 2.75) is 38.1 Å². The van der Waals surface area contributed by atoms with Gasteiger partial charge in [0, 0.05) is 51.3 Å². The zero-order valence-electron chi connectivity index (χ0n) is 13.8. The van der Waals surface area contributed by atoms with E-state index in [9.17, 15) is 4.79 Å². The molecule has 23 heavy (non-hydrogen) atoms. The van der Waals surface area contributed by atoms with Gasteiger partial charge in [0.1, 0.15) is 0 Å². The Kier molecular flexibility index (Phi) is 9.16. The molecule has 0 aromatic rings. The molecule has 1 aliphatic carbocycles. The Morgan fingerprint density at radius 2 is 1.83 bits per heavy atom. The van der Waals surface area contributed by atoms with Gasteiger partial charge in [0.2, 0.25) is 5.91 Å². The highest BCUT2D eigenvalue weighted by atomic mass is 35.5. The first kappa shape index (κ1) is 21.0. The second-order valence-electron chi connectivity index (χ2n) is 6.98. The SMILES string of the molecule is Cl.Cl.NC1CCCC(C(=O)N2CCN(CC3CCOC3)CC2)C1. The highest BCUT2D eigenvalue weighted by molar-refractivity contribution is 5.85. The van der Waals surface area contributed by atoms with E-state index in [-0.39, 0.29) is 36.8 Å². The first-order valence-electron chi connectivity index (χ1n) is 8.57. The van der Waals surface area contributed by atoms with Gasteiger partial charge >= 0.3 is 0 Å². The topological polar surface area (TPSA) is 58.8 Å². The Labute approximate surface area is 152 Å². The molecule has 2 saturated heterocycles. The molecule has 0 aromatic heterocycles. The van der Waals surface area contributed by atoms with Gasteiger partial charge in [-0.25, -0.2) is 0 Å². The normalized spacial score (nSPS) is 32.0. The Balaban J connectivity index is 0.00000132. The van der Waals surface area contributed by atoms with Crippen LogP contribution in [-0.4, -0.2) is 67.7 Å². The molecule has 5 nitrogen and oxygen atoms in total. The number of carbonyl (C=O) groups is 1. The van der Waals surface area contributed by atoms with Crippen molar-refractivity contribution in [2.75, 3.05) is 45.9 Å². The zero-order chi connectivity index (χ0) is 14.7. The molecule has 2 N–H and O–H groups in total. The average molecular weight is 368 g/mol. The molecule has 3 rings (SSSR count).